The zero-order valence-corrected chi connectivity index (χ0v) is 14.2. The van der Waals surface area contributed by atoms with E-state index in [1.54, 1.807) is 0 Å². The number of anilines is 2. The highest BCUT2D eigenvalue weighted by Gasteiger charge is 2.20. The van der Waals surface area contributed by atoms with E-state index < -0.39 is 21.7 Å². The molecule has 0 aliphatic heterocycles. The first-order chi connectivity index (χ1) is 9.70. The molecule has 0 saturated carbocycles. The number of benzene rings is 2. The Morgan fingerprint density at radius 2 is 1.62 bits per heavy atom. The Labute approximate surface area is 136 Å². The molecule has 0 amide bonds. The van der Waals surface area contributed by atoms with Crippen molar-refractivity contribution in [3.05, 3.63) is 50.9 Å². The Kier molecular flexibility index (Phi) is 4.54. The van der Waals surface area contributed by atoms with Gasteiger partial charge in [-0.05, 0) is 62.2 Å². The highest BCUT2D eigenvalue weighted by atomic mass is 79.9. The third-order valence-electron chi connectivity index (χ3n) is 2.51. The Bertz CT molecular complexity index is 813. The van der Waals surface area contributed by atoms with E-state index in [4.69, 9.17) is 5.73 Å². The number of nitrogens with one attached hydrogen (secondary N) is 1. The van der Waals surface area contributed by atoms with Gasteiger partial charge in [0.2, 0.25) is 0 Å². The van der Waals surface area contributed by atoms with Gasteiger partial charge in [0.05, 0.1) is 20.3 Å². The highest BCUT2D eigenvalue weighted by molar-refractivity contribution is 9.10. The highest BCUT2D eigenvalue weighted by Crippen LogP contribution is 2.28. The molecule has 2 rings (SSSR count). The summed E-state index contributed by atoms with van der Waals surface area (Å²) in [5, 5.41) is 0. The minimum Gasteiger partial charge on any atom is -0.398 e. The average Bonchev–Trinajstić information content (AvgIpc) is 2.37. The van der Waals surface area contributed by atoms with E-state index in [2.05, 4.69) is 36.6 Å². The summed E-state index contributed by atoms with van der Waals surface area (Å²) in [5.74, 6) is -1.30. The molecule has 112 valence electrons. The van der Waals surface area contributed by atoms with Crippen LogP contribution in [0.1, 0.15) is 0 Å². The van der Waals surface area contributed by atoms with Crippen molar-refractivity contribution < 1.29 is 17.2 Å². The van der Waals surface area contributed by atoms with Gasteiger partial charge in [-0.1, -0.05) is 0 Å². The lowest BCUT2D eigenvalue weighted by Crippen LogP contribution is -2.15. The lowest BCUT2D eigenvalue weighted by Gasteiger charge is -2.11. The van der Waals surface area contributed by atoms with Crippen molar-refractivity contribution in [2.45, 2.75) is 4.90 Å². The van der Waals surface area contributed by atoms with E-state index >= 15 is 0 Å². The van der Waals surface area contributed by atoms with Gasteiger partial charge in [-0.2, -0.15) is 0 Å². The average molecular weight is 442 g/mol. The van der Waals surface area contributed by atoms with E-state index in [0.29, 0.717) is 0 Å². The molecular formula is C12H8Br2F2N2O2S. The van der Waals surface area contributed by atoms with Crippen LogP contribution in [0.25, 0.3) is 0 Å². The normalized spacial score (nSPS) is 11.4. The van der Waals surface area contributed by atoms with E-state index in [1.807, 2.05) is 0 Å². The van der Waals surface area contributed by atoms with Crippen LogP contribution in [0.15, 0.2) is 44.2 Å². The standard InChI is InChI=1S/C12H8Br2F2N2O2S/c13-7-2-1-6(3-9(7)15)18-21(19,20)12-4-8(14)10(16)5-11(12)17/h1-5,18H,17H2. The van der Waals surface area contributed by atoms with Crippen molar-refractivity contribution in [1.29, 1.82) is 0 Å². The quantitative estimate of drug-likeness (QED) is 0.710. The van der Waals surface area contributed by atoms with Crippen LogP contribution in [-0.4, -0.2) is 8.42 Å². The van der Waals surface area contributed by atoms with Crippen LogP contribution in [-0.2, 0) is 10.0 Å². The number of nitrogens with two attached hydrogens (primary N) is 1. The van der Waals surface area contributed by atoms with E-state index in [1.165, 1.54) is 12.1 Å². The Morgan fingerprint density at radius 3 is 2.24 bits per heavy atom. The second-order valence-electron chi connectivity index (χ2n) is 4.04. The maximum Gasteiger partial charge on any atom is 0.263 e. The number of halogens is 4. The first kappa shape index (κ1) is 16.2. The molecule has 0 aliphatic rings. The monoisotopic (exact) mass is 440 g/mol. The van der Waals surface area contributed by atoms with Crippen LogP contribution in [0, 0.1) is 11.6 Å². The molecule has 0 bridgehead atoms. The molecule has 4 nitrogen and oxygen atoms in total. The van der Waals surface area contributed by atoms with E-state index in [9.17, 15) is 17.2 Å². The SMILES string of the molecule is Nc1cc(F)c(Br)cc1S(=O)(=O)Nc1ccc(Br)c(F)c1. The zero-order chi connectivity index (χ0) is 15.8. The van der Waals surface area contributed by atoms with Gasteiger partial charge in [-0.3, -0.25) is 4.72 Å². The molecule has 0 unspecified atom stereocenters. The summed E-state index contributed by atoms with van der Waals surface area (Å²) in [6.45, 7) is 0. The van der Waals surface area contributed by atoms with Gasteiger partial charge in [0.1, 0.15) is 16.5 Å². The van der Waals surface area contributed by atoms with Gasteiger partial charge >= 0.3 is 0 Å². The van der Waals surface area contributed by atoms with E-state index in [0.717, 1.165) is 18.2 Å². The molecule has 0 radical (unpaired) electrons. The first-order valence-electron chi connectivity index (χ1n) is 5.43. The maximum absolute atomic E-state index is 13.4. The molecule has 0 atom stereocenters. The zero-order valence-electron chi connectivity index (χ0n) is 10.2. The van der Waals surface area contributed by atoms with Gasteiger partial charge in [0.25, 0.3) is 10.0 Å². The van der Waals surface area contributed by atoms with Gasteiger partial charge < -0.3 is 5.73 Å². The van der Waals surface area contributed by atoms with Gasteiger partial charge in [-0.25, -0.2) is 17.2 Å². The number of rotatable bonds is 3. The van der Waals surface area contributed by atoms with Crippen molar-refractivity contribution in [3.8, 4) is 0 Å². The summed E-state index contributed by atoms with van der Waals surface area (Å²) >= 11 is 5.85. The summed E-state index contributed by atoms with van der Waals surface area (Å²) in [5.41, 5.74) is 5.30. The summed E-state index contributed by atoms with van der Waals surface area (Å²) < 4.78 is 53.4. The molecule has 0 saturated heterocycles. The first-order valence-corrected chi connectivity index (χ1v) is 8.50. The number of hydrogen-bond acceptors (Lipinski definition) is 3. The van der Waals surface area contributed by atoms with Crippen LogP contribution in [0.4, 0.5) is 20.2 Å². The molecule has 9 heteroatoms. The maximum atomic E-state index is 13.4. The van der Waals surface area contributed by atoms with Crippen molar-refractivity contribution >= 4 is 53.3 Å². The Balaban J connectivity index is 2.43. The molecule has 21 heavy (non-hydrogen) atoms. The van der Waals surface area contributed by atoms with Crippen LogP contribution < -0.4 is 10.5 Å². The van der Waals surface area contributed by atoms with Crippen LogP contribution in [0.2, 0.25) is 0 Å². The fourth-order valence-corrected chi connectivity index (χ4v) is 3.48. The van der Waals surface area contributed by atoms with E-state index in [-0.39, 0.29) is 25.2 Å². The molecule has 2 aromatic rings. The van der Waals surface area contributed by atoms with Gasteiger partial charge in [0.15, 0.2) is 0 Å². The minimum atomic E-state index is -4.07. The fourth-order valence-electron chi connectivity index (χ4n) is 1.55. The van der Waals surface area contributed by atoms with Crippen molar-refractivity contribution in [3.63, 3.8) is 0 Å². The van der Waals surface area contributed by atoms with Crippen LogP contribution in [0.3, 0.4) is 0 Å². The Morgan fingerprint density at radius 1 is 1.00 bits per heavy atom. The Hall–Kier alpha value is -1.19. The molecule has 0 heterocycles. The number of hydrogen-bond donors (Lipinski definition) is 2. The molecule has 3 N–H and O–H groups in total. The fraction of sp³-hybridized carbons (Fsp3) is 0. The van der Waals surface area contributed by atoms with Gasteiger partial charge in [-0.15, -0.1) is 0 Å². The molecule has 2 aromatic carbocycles. The van der Waals surface area contributed by atoms with Gasteiger partial charge in [0, 0.05) is 0 Å². The summed E-state index contributed by atoms with van der Waals surface area (Å²) in [6, 6.07) is 5.68. The smallest absolute Gasteiger partial charge is 0.263 e. The summed E-state index contributed by atoms with van der Waals surface area (Å²) in [6.07, 6.45) is 0. The number of sulfonamides is 1. The lowest BCUT2D eigenvalue weighted by atomic mass is 10.3. The van der Waals surface area contributed by atoms with Crippen molar-refractivity contribution in [2.75, 3.05) is 10.5 Å². The number of nitrogen functional groups attached to an aromatic ring is 1. The van der Waals surface area contributed by atoms with Crippen molar-refractivity contribution in [1.82, 2.24) is 0 Å². The topological polar surface area (TPSA) is 72.2 Å². The summed E-state index contributed by atoms with van der Waals surface area (Å²) in [4.78, 5) is -0.306. The van der Waals surface area contributed by atoms with Crippen LogP contribution >= 0.6 is 31.9 Å². The molecule has 0 fully saturated rings. The lowest BCUT2D eigenvalue weighted by molar-refractivity contribution is 0.599. The largest absolute Gasteiger partial charge is 0.398 e. The minimum absolute atomic E-state index is 0.0237. The van der Waals surface area contributed by atoms with Crippen molar-refractivity contribution in [2.24, 2.45) is 0 Å². The third-order valence-corrected chi connectivity index (χ3v) is 5.20. The third kappa shape index (κ3) is 3.53. The molecule has 0 aromatic heterocycles. The summed E-state index contributed by atoms with van der Waals surface area (Å²) in [7, 11) is -4.07. The van der Waals surface area contributed by atoms with Crippen LogP contribution in [0.5, 0.6) is 0 Å². The molecular weight excluding hydrogens is 434 g/mol. The molecule has 0 spiro atoms. The second-order valence-corrected chi connectivity index (χ2v) is 7.40. The molecule has 0 aliphatic carbocycles. The second kappa shape index (κ2) is 5.90. The predicted molar refractivity (Wildman–Crippen MR) is 83.4 cm³/mol. The predicted octanol–water partition coefficient (Wildman–Crippen LogP) is 3.87.